The molecule has 0 fully saturated rings. The van der Waals surface area contributed by atoms with Crippen LogP contribution in [0.2, 0.25) is 5.02 Å². The Hall–Kier alpha value is -1.71. The minimum Gasteiger partial charge on any atom is -0.373 e. The number of aryl methyl sites for hydroxylation is 1. The van der Waals surface area contributed by atoms with Crippen LogP contribution in [-0.2, 0) is 22.4 Å². The molecule has 0 saturated heterocycles. The average molecular weight is 304 g/mol. The molecule has 110 valence electrons. The number of pyridine rings is 1. The van der Waals surface area contributed by atoms with Gasteiger partial charge in [0.15, 0.2) is 5.78 Å². The second kappa shape index (κ2) is 7.91. The summed E-state index contributed by atoms with van der Waals surface area (Å²) in [6.07, 6.45) is 2.64. The maximum Gasteiger partial charge on any atom is 0.164 e. The van der Waals surface area contributed by atoms with Crippen molar-refractivity contribution in [2.75, 3.05) is 13.2 Å². The third-order valence-corrected chi connectivity index (χ3v) is 3.27. The van der Waals surface area contributed by atoms with Gasteiger partial charge in [0.2, 0.25) is 0 Å². The van der Waals surface area contributed by atoms with Gasteiger partial charge in [-0.3, -0.25) is 9.78 Å². The Labute approximate surface area is 129 Å². The molecular weight excluding hydrogens is 286 g/mol. The third kappa shape index (κ3) is 5.66. The van der Waals surface area contributed by atoms with Crippen LogP contribution in [0.25, 0.3) is 0 Å². The summed E-state index contributed by atoms with van der Waals surface area (Å²) < 4.78 is 5.43. The first-order valence-electron chi connectivity index (χ1n) is 6.89. The van der Waals surface area contributed by atoms with Gasteiger partial charge in [-0.25, -0.2) is 0 Å². The van der Waals surface area contributed by atoms with Crippen LogP contribution in [0.3, 0.4) is 0 Å². The fraction of sp³-hybridized carbons (Fsp3) is 0.294. The molecule has 2 rings (SSSR count). The molecule has 0 aliphatic carbocycles. The Kier molecular flexibility index (Phi) is 5.90. The zero-order valence-corrected chi connectivity index (χ0v) is 12.8. The lowest BCUT2D eigenvalue weighted by Gasteiger charge is -2.05. The van der Waals surface area contributed by atoms with Crippen molar-refractivity contribution in [2.24, 2.45) is 0 Å². The standard InChI is InChI=1S/C17H18ClNO2/c1-13-3-2-4-14(9-13)7-8-21-12-17(20)10-16-6-5-15(18)11-19-16/h2-6,9,11H,7-8,10,12H2,1H3. The van der Waals surface area contributed by atoms with Crippen LogP contribution in [0.5, 0.6) is 0 Å². The lowest BCUT2D eigenvalue weighted by atomic mass is 10.1. The number of carbonyl (C=O) groups is 1. The van der Waals surface area contributed by atoms with Crippen molar-refractivity contribution >= 4 is 17.4 Å². The molecule has 1 aromatic heterocycles. The molecular formula is C17H18ClNO2. The maximum absolute atomic E-state index is 11.8. The van der Waals surface area contributed by atoms with Crippen molar-refractivity contribution in [3.63, 3.8) is 0 Å². The average Bonchev–Trinajstić information content (AvgIpc) is 2.46. The number of Topliss-reactive ketones (excluding diaryl/α,β-unsaturated/α-hetero) is 1. The molecule has 21 heavy (non-hydrogen) atoms. The molecule has 0 radical (unpaired) electrons. The fourth-order valence-corrected chi connectivity index (χ4v) is 2.12. The van der Waals surface area contributed by atoms with Gasteiger partial charge in [0, 0.05) is 11.9 Å². The Bertz CT molecular complexity index is 596. The predicted molar refractivity (Wildman–Crippen MR) is 83.7 cm³/mol. The highest BCUT2D eigenvalue weighted by Gasteiger charge is 2.05. The van der Waals surface area contributed by atoms with Crippen molar-refractivity contribution in [1.82, 2.24) is 4.98 Å². The number of rotatable bonds is 7. The quantitative estimate of drug-likeness (QED) is 0.736. The molecule has 0 amide bonds. The minimum atomic E-state index is 0.0223. The van der Waals surface area contributed by atoms with Crippen LogP contribution in [0.4, 0.5) is 0 Å². The van der Waals surface area contributed by atoms with Crippen molar-refractivity contribution < 1.29 is 9.53 Å². The van der Waals surface area contributed by atoms with E-state index in [1.165, 1.54) is 11.1 Å². The number of halogens is 1. The first kappa shape index (κ1) is 15.7. The number of ether oxygens (including phenoxy) is 1. The van der Waals surface area contributed by atoms with Crippen LogP contribution in [0.15, 0.2) is 42.6 Å². The molecule has 0 bridgehead atoms. The molecule has 0 aliphatic heterocycles. The Morgan fingerprint density at radius 1 is 1.29 bits per heavy atom. The molecule has 1 heterocycles. The van der Waals surface area contributed by atoms with Crippen LogP contribution in [0.1, 0.15) is 16.8 Å². The molecule has 0 saturated carbocycles. The lowest BCUT2D eigenvalue weighted by Crippen LogP contribution is -2.13. The van der Waals surface area contributed by atoms with Crippen molar-refractivity contribution in [3.05, 3.63) is 64.4 Å². The van der Waals surface area contributed by atoms with Crippen LogP contribution in [-0.4, -0.2) is 24.0 Å². The summed E-state index contributed by atoms with van der Waals surface area (Å²) in [5, 5.41) is 0.570. The Balaban J connectivity index is 1.68. The van der Waals surface area contributed by atoms with E-state index < -0.39 is 0 Å². The number of carbonyl (C=O) groups excluding carboxylic acids is 1. The number of hydrogen-bond donors (Lipinski definition) is 0. The zero-order valence-electron chi connectivity index (χ0n) is 12.0. The van der Waals surface area contributed by atoms with Crippen LogP contribution < -0.4 is 0 Å². The highest BCUT2D eigenvalue weighted by atomic mass is 35.5. The van der Waals surface area contributed by atoms with Gasteiger partial charge in [0.05, 0.1) is 18.1 Å². The van der Waals surface area contributed by atoms with E-state index in [9.17, 15) is 4.79 Å². The van der Waals surface area contributed by atoms with Gasteiger partial charge in [0.25, 0.3) is 0 Å². The molecule has 0 aliphatic rings. The van der Waals surface area contributed by atoms with Crippen molar-refractivity contribution in [2.45, 2.75) is 19.8 Å². The van der Waals surface area contributed by atoms with Gasteiger partial charge in [-0.2, -0.15) is 0 Å². The summed E-state index contributed by atoms with van der Waals surface area (Å²) in [5.74, 6) is 0.0223. The molecule has 3 nitrogen and oxygen atoms in total. The number of hydrogen-bond acceptors (Lipinski definition) is 3. The predicted octanol–water partition coefficient (Wildman–Crippen LogP) is 3.41. The monoisotopic (exact) mass is 303 g/mol. The SMILES string of the molecule is Cc1cccc(CCOCC(=O)Cc2ccc(Cl)cn2)c1. The topological polar surface area (TPSA) is 39.2 Å². The summed E-state index contributed by atoms with van der Waals surface area (Å²) >= 11 is 5.75. The van der Waals surface area contributed by atoms with Gasteiger partial charge < -0.3 is 4.74 Å². The molecule has 0 N–H and O–H groups in total. The first-order valence-corrected chi connectivity index (χ1v) is 7.27. The molecule has 0 spiro atoms. The fourth-order valence-electron chi connectivity index (χ4n) is 2.01. The van der Waals surface area contributed by atoms with E-state index in [4.69, 9.17) is 16.3 Å². The van der Waals surface area contributed by atoms with Gasteiger partial charge in [-0.05, 0) is 31.0 Å². The summed E-state index contributed by atoms with van der Waals surface area (Å²) in [6, 6.07) is 11.8. The van der Waals surface area contributed by atoms with Gasteiger partial charge in [0.1, 0.15) is 6.61 Å². The molecule has 1 aromatic carbocycles. The lowest BCUT2D eigenvalue weighted by molar-refractivity contribution is -0.122. The number of ketones is 1. The highest BCUT2D eigenvalue weighted by molar-refractivity contribution is 6.30. The smallest absolute Gasteiger partial charge is 0.164 e. The van der Waals surface area contributed by atoms with Crippen molar-refractivity contribution in [1.29, 1.82) is 0 Å². The summed E-state index contributed by atoms with van der Waals surface area (Å²) in [4.78, 5) is 15.9. The number of benzene rings is 1. The van der Waals surface area contributed by atoms with E-state index in [2.05, 4.69) is 30.1 Å². The van der Waals surface area contributed by atoms with E-state index >= 15 is 0 Å². The van der Waals surface area contributed by atoms with Crippen LogP contribution >= 0.6 is 11.6 Å². The van der Waals surface area contributed by atoms with E-state index in [-0.39, 0.29) is 18.8 Å². The highest BCUT2D eigenvalue weighted by Crippen LogP contribution is 2.07. The summed E-state index contributed by atoms with van der Waals surface area (Å²) in [5.41, 5.74) is 3.17. The minimum absolute atomic E-state index is 0.0223. The Morgan fingerprint density at radius 3 is 2.86 bits per heavy atom. The first-order chi connectivity index (χ1) is 10.1. The molecule has 0 unspecified atom stereocenters. The van der Waals surface area contributed by atoms with E-state index in [0.29, 0.717) is 17.3 Å². The second-order valence-electron chi connectivity index (χ2n) is 4.97. The summed E-state index contributed by atoms with van der Waals surface area (Å²) in [6.45, 7) is 2.73. The van der Waals surface area contributed by atoms with E-state index in [1.54, 1.807) is 18.3 Å². The van der Waals surface area contributed by atoms with E-state index in [1.807, 2.05) is 6.07 Å². The molecule has 2 aromatic rings. The van der Waals surface area contributed by atoms with E-state index in [0.717, 1.165) is 6.42 Å². The van der Waals surface area contributed by atoms with Crippen LogP contribution in [0, 0.1) is 6.92 Å². The maximum atomic E-state index is 11.8. The molecule has 0 atom stereocenters. The number of nitrogens with zero attached hydrogens (tertiary/aromatic N) is 1. The Morgan fingerprint density at radius 2 is 2.14 bits per heavy atom. The van der Waals surface area contributed by atoms with Gasteiger partial charge in [-0.1, -0.05) is 41.4 Å². The van der Waals surface area contributed by atoms with Crippen molar-refractivity contribution in [3.8, 4) is 0 Å². The normalized spacial score (nSPS) is 10.6. The zero-order chi connectivity index (χ0) is 15.1. The second-order valence-corrected chi connectivity index (χ2v) is 5.41. The van der Waals surface area contributed by atoms with Gasteiger partial charge >= 0.3 is 0 Å². The van der Waals surface area contributed by atoms with Gasteiger partial charge in [-0.15, -0.1) is 0 Å². The third-order valence-electron chi connectivity index (χ3n) is 3.05. The number of aromatic nitrogens is 1. The largest absolute Gasteiger partial charge is 0.373 e. The summed E-state index contributed by atoms with van der Waals surface area (Å²) in [7, 11) is 0. The molecule has 4 heteroatoms.